The largest absolute Gasteiger partial charge is 0.382 e. The Morgan fingerprint density at radius 2 is 1.50 bits per heavy atom. The van der Waals surface area contributed by atoms with Gasteiger partial charge in [0.25, 0.3) is 6.48 Å². The topological polar surface area (TPSA) is 92.3 Å². The van der Waals surface area contributed by atoms with Gasteiger partial charge in [0.05, 0.1) is 18.8 Å². The first-order valence-corrected chi connectivity index (χ1v) is 9.43. The number of hydrogen-bond donors (Lipinski definition) is 0. The van der Waals surface area contributed by atoms with Crippen molar-refractivity contribution in [1.82, 2.24) is 0 Å². The third kappa shape index (κ3) is 4.51. The van der Waals surface area contributed by atoms with Crippen molar-refractivity contribution in [3.05, 3.63) is 0 Å². The maximum Gasteiger partial charge on any atom is 0.274 e. The molecule has 10 atom stereocenters. The number of fused-ring (bicyclic) bond motifs is 1. The van der Waals surface area contributed by atoms with Crippen LogP contribution in [0.4, 0.5) is 0 Å². The Kier molecular flexibility index (Phi) is 8.02. The molecule has 3 rings (SSSR count). The third-order valence-electron chi connectivity index (χ3n) is 5.42. The van der Waals surface area contributed by atoms with Crippen molar-refractivity contribution in [2.24, 2.45) is 0 Å². The molecule has 3 aliphatic rings. The molecule has 3 fully saturated rings. The second-order valence-corrected chi connectivity index (χ2v) is 7.04. The molecule has 3 saturated heterocycles. The molecule has 0 aromatic heterocycles. The second kappa shape index (κ2) is 10.1. The van der Waals surface area contributed by atoms with Crippen LogP contribution in [0.15, 0.2) is 0 Å². The maximum atomic E-state index is 6.06. The number of methoxy groups -OCH3 is 5. The number of hydrogen-bond acceptors (Lipinski definition) is 10. The van der Waals surface area contributed by atoms with Gasteiger partial charge in [0, 0.05) is 42.0 Å². The van der Waals surface area contributed by atoms with Crippen molar-refractivity contribution in [1.29, 1.82) is 0 Å². The smallest absolute Gasteiger partial charge is 0.274 e. The molecule has 0 aromatic rings. The Labute approximate surface area is 165 Å². The van der Waals surface area contributed by atoms with E-state index in [1.54, 1.807) is 35.5 Å². The van der Waals surface area contributed by atoms with Gasteiger partial charge in [-0.25, -0.2) is 0 Å². The summed E-state index contributed by atoms with van der Waals surface area (Å²) in [5.74, 6) is 0. The predicted octanol–water partition coefficient (Wildman–Crippen LogP) is 0.268. The molecule has 0 bridgehead atoms. The van der Waals surface area contributed by atoms with Crippen LogP contribution in [0.3, 0.4) is 0 Å². The van der Waals surface area contributed by atoms with Gasteiger partial charge in [-0.05, 0) is 6.92 Å². The maximum absolute atomic E-state index is 6.06. The number of rotatable bonds is 8. The van der Waals surface area contributed by atoms with E-state index in [-0.39, 0.29) is 30.7 Å². The van der Waals surface area contributed by atoms with Crippen molar-refractivity contribution in [2.75, 3.05) is 42.2 Å². The minimum Gasteiger partial charge on any atom is -0.382 e. The van der Waals surface area contributed by atoms with Crippen molar-refractivity contribution in [3.63, 3.8) is 0 Å². The van der Waals surface area contributed by atoms with E-state index in [4.69, 9.17) is 47.4 Å². The van der Waals surface area contributed by atoms with Crippen LogP contribution in [0.25, 0.3) is 0 Å². The van der Waals surface area contributed by atoms with E-state index in [0.29, 0.717) is 13.0 Å². The summed E-state index contributed by atoms with van der Waals surface area (Å²) < 4.78 is 57.0. The molecule has 10 nitrogen and oxygen atoms in total. The summed E-state index contributed by atoms with van der Waals surface area (Å²) in [5.41, 5.74) is 0. The normalized spacial score (nSPS) is 46.5. The van der Waals surface area contributed by atoms with Crippen molar-refractivity contribution >= 4 is 0 Å². The summed E-state index contributed by atoms with van der Waals surface area (Å²) in [5, 5.41) is 0. The van der Waals surface area contributed by atoms with E-state index in [1.165, 1.54) is 0 Å². The fourth-order valence-electron chi connectivity index (χ4n) is 4.05. The van der Waals surface area contributed by atoms with Gasteiger partial charge in [0.2, 0.25) is 0 Å². The highest BCUT2D eigenvalue weighted by molar-refractivity contribution is 4.93. The summed E-state index contributed by atoms with van der Waals surface area (Å²) in [6.45, 7) is 1.31. The van der Waals surface area contributed by atoms with Crippen LogP contribution in [0.1, 0.15) is 13.3 Å². The Morgan fingerprint density at radius 3 is 2.11 bits per heavy atom. The minimum atomic E-state index is -0.917. The average molecular weight is 408 g/mol. The van der Waals surface area contributed by atoms with Crippen LogP contribution < -0.4 is 0 Å². The minimum absolute atomic E-state index is 0.186. The molecule has 28 heavy (non-hydrogen) atoms. The van der Waals surface area contributed by atoms with E-state index < -0.39 is 31.1 Å². The van der Waals surface area contributed by atoms with E-state index in [9.17, 15) is 0 Å². The molecular weight excluding hydrogens is 376 g/mol. The molecule has 0 N–H and O–H groups in total. The zero-order chi connectivity index (χ0) is 20.3. The molecule has 0 aliphatic carbocycles. The van der Waals surface area contributed by atoms with Crippen LogP contribution in [-0.2, 0) is 47.4 Å². The highest BCUT2D eigenvalue weighted by Gasteiger charge is 2.51. The van der Waals surface area contributed by atoms with E-state index >= 15 is 0 Å². The lowest BCUT2D eigenvalue weighted by atomic mass is 9.98. The first kappa shape index (κ1) is 22.3. The second-order valence-electron chi connectivity index (χ2n) is 7.04. The summed E-state index contributed by atoms with van der Waals surface area (Å²) in [4.78, 5) is 0. The van der Waals surface area contributed by atoms with Crippen LogP contribution in [0.5, 0.6) is 0 Å². The zero-order valence-electron chi connectivity index (χ0n) is 17.3. The van der Waals surface area contributed by atoms with E-state index in [0.717, 1.165) is 0 Å². The summed E-state index contributed by atoms with van der Waals surface area (Å²) >= 11 is 0. The van der Waals surface area contributed by atoms with Crippen LogP contribution in [0.2, 0.25) is 0 Å². The standard InChI is InChI=1S/C18H32O10/c1-9-13-10(7-12(20-3)24-9)26-18(27-13)28-17-16(23-6)15(22-5)14(21-4)11(25-17)8-19-2/h9-18H,7-8H2,1-6H3/t9?,10-,11?,12?,13?,14-,15?,16?,17+,18?/m1/s1. The van der Waals surface area contributed by atoms with Crippen LogP contribution in [0, 0.1) is 0 Å². The average Bonchev–Trinajstić information content (AvgIpc) is 3.10. The molecule has 0 radical (unpaired) electrons. The molecule has 0 spiro atoms. The van der Waals surface area contributed by atoms with Gasteiger partial charge in [-0.15, -0.1) is 0 Å². The Balaban J connectivity index is 1.68. The van der Waals surface area contributed by atoms with Crippen LogP contribution >= 0.6 is 0 Å². The Bertz CT molecular complexity index is 479. The van der Waals surface area contributed by atoms with Crippen molar-refractivity contribution in [3.8, 4) is 0 Å². The van der Waals surface area contributed by atoms with Crippen molar-refractivity contribution < 1.29 is 47.4 Å². The SMILES string of the molecule is COCC1O[C@@H](OC2OC3C(C)OC(OC)C[C@H]3O2)C(OC)C(OC)[C@@H]1OC. The van der Waals surface area contributed by atoms with Gasteiger partial charge in [-0.3, -0.25) is 4.74 Å². The van der Waals surface area contributed by atoms with Crippen LogP contribution in [-0.4, -0.2) is 104 Å². The Hall–Kier alpha value is -0.400. The molecule has 3 aliphatic heterocycles. The highest BCUT2D eigenvalue weighted by Crippen LogP contribution is 2.35. The van der Waals surface area contributed by atoms with Gasteiger partial charge in [-0.1, -0.05) is 0 Å². The van der Waals surface area contributed by atoms with Gasteiger partial charge < -0.3 is 42.6 Å². The quantitative estimate of drug-likeness (QED) is 0.557. The molecule has 164 valence electrons. The third-order valence-corrected chi connectivity index (χ3v) is 5.42. The molecule has 10 heteroatoms. The van der Waals surface area contributed by atoms with Gasteiger partial charge in [-0.2, -0.15) is 0 Å². The predicted molar refractivity (Wildman–Crippen MR) is 93.5 cm³/mol. The first-order chi connectivity index (χ1) is 13.6. The summed E-state index contributed by atoms with van der Waals surface area (Å²) in [6.07, 6.45) is -2.93. The zero-order valence-corrected chi connectivity index (χ0v) is 17.3. The fourth-order valence-corrected chi connectivity index (χ4v) is 4.05. The van der Waals surface area contributed by atoms with Gasteiger partial charge in [0.1, 0.15) is 30.5 Å². The van der Waals surface area contributed by atoms with Gasteiger partial charge >= 0.3 is 0 Å². The van der Waals surface area contributed by atoms with Crippen molar-refractivity contribution in [2.45, 2.75) is 75.1 Å². The molecule has 7 unspecified atom stereocenters. The fraction of sp³-hybridized carbons (Fsp3) is 1.00. The molecule has 0 saturated carbocycles. The molecule has 0 aromatic carbocycles. The van der Waals surface area contributed by atoms with E-state index in [1.807, 2.05) is 6.92 Å². The molecular formula is C18H32O10. The lowest BCUT2D eigenvalue weighted by molar-refractivity contribution is -0.374. The first-order valence-electron chi connectivity index (χ1n) is 9.43. The summed E-state index contributed by atoms with van der Waals surface area (Å²) in [7, 11) is 7.95. The van der Waals surface area contributed by atoms with E-state index in [2.05, 4.69) is 0 Å². The van der Waals surface area contributed by atoms with Gasteiger partial charge in [0.15, 0.2) is 12.6 Å². The lowest BCUT2D eigenvalue weighted by Gasteiger charge is -2.44. The molecule has 0 amide bonds. The molecule has 3 heterocycles. The monoisotopic (exact) mass is 408 g/mol. The Morgan fingerprint density at radius 1 is 0.786 bits per heavy atom. The highest BCUT2D eigenvalue weighted by atomic mass is 16.9. The lowest BCUT2D eigenvalue weighted by Crippen LogP contribution is -2.61. The number of ether oxygens (including phenoxy) is 10. The summed E-state index contributed by atoms with van der Waals surface area (Å²) in [6, 6.07) is 0.